The molecule has 0 saturated carbocycles. The van der Waals surface area contributed by atoms with Crippen molar-refractivity contribution in [3.63, 3.8) is 0 Å². The fourth-order valence-electron chi connectivity index (χ4n) is 4.34. The van der Waals surface area contributed by atoms with Crippen LogP contribution in [-0.4, -0.2) is 43.4 Å². The Morgan fingerprint density at radius 3 is 2.29 bits per heavy atom. The van der Waals surface area contributed by atoms with Gasteiger partial charge in [0.25, 0.3) is 10.0 Å². The summed E-state index contributed by atoms with van der Waals surface area (Å²) in [6, 6.07) is 14.9. The smallest absolute Gasteiger partial charge is 0.265 e. The Morgan fingerprint density at radius 2 is 1.74 bits per heavy atom. The topological polar surface area (TPSA) is 127 Å². The van der Waals surface area contributed by atoms with Gasteiger partial charge in [-0.15, -0.1) is 0 Å². The van der Waals surface area contributed by atoms with Crippen LogP contribution in [0.1, 0.15) is 51.4 Å². The fourth-order valence-corrected chi connectivity index (χ4v) is 5.69. The van der Waals surface area contributed by atoms with Crippen molar-refractivity contribution in [2.45, 2.75) is 64.4 Å². The van der Waals surface area contributed by atoms with Crippen molar-refractivity contribution < 1.29 is 22.5 Å². The summed E-state index contributed by atoms with van der Waals surface area (Å²) in [5, 5.41) is 3.83. The Labute approximate surface area is 224 Å². The van der Waals surface area contributed by atoms with Gasteiger partial charge < -0.3 is 15.2 Å². The molecular formula is C28H36N4O5S. The number of nitrogens with zero attached hydrogens (tertiary/aromatic N) is 3. The number of unbranched alkanes of at least 4 members (excludes halogenated alkanes) is 1. The lowest BCUT2D eigenvalue weighted by molar-refractivity contribution is -0.141. The van der Waals surface area contributed by atoms with Gasteiger partial charge in [-0.3, -0.25) is 13.9 Å². The number of sulfonamides is 1. The van der Waals surface area contributed by atoms with Crippen molar-refractivity contribution in [3.8, 4) is 11.1 Å². The second-order valence-electron chi connectivity index (χ2n) is 9.68. The van der Waals surface area contributed by atoms with Crippen molar-refractivity contribution >= 4 is 27.7 Å². The first kappa shape index (κ1) is 28.9. The van der Waals surface area contributed by atoms with Gasteiger partial charge in [0.05, 0.1) is 4.90 Å². The molecule has 0 unspecified atom stereocenters. The van der Waals surface area contributed by atoms with E-state index in [0.29, 0.717) is 23.3 Å². The number of nitrogens with two attached hydrogens (primary N) is 1. The van der Waals surface area contributed by atoms with E-state index in [2.05, 4.69) is 5.16 Å². The summed E-state index contributed by atoms with van der Waals surface area (Å²) in [7, 11) is -2.50. The highest BCUT2D eigenvalue weighted by Crippen LogP contribution is 2.31. The van der Waals surface area contributed by atoms with Gasteiger partial charge in [-0.05, 0) is 36.5 Å². The fraction of sp³-hybridized carbons (Fsp3) is 0.393. The molecule has 0 aliphatic carbocycles. The highest BCUT2D eigenvalue weighted by Gasteiger charge is 2.31. The van der Waals surface area contributed by atoms with E-state index in [1.165, 1.54) is 7.05 Å². The number of carbonyl (C=O) groups excluding carboxylic acids is 2. The number of benzene rings is 2. The molecule has 0 radical (unpaired) electrons. The lowest BCUT2D eigenvalue weighted by Crippen LogP contribution is -2.50. The van der Waals surface area contributed by atoms with Gasteiger partial charge in [-0.1, -0.05) is 74.8 Å². The molecule has 9 nitrogen and oxygen atoms in total. The third kappa shape index (κ3) is 6.42. The monoisotopic (exact) mass is 540 g/mol. The maximum atomic E-state index is 13.5. The van der Waals surface area contributed by atoms with E-state index < -0.39 is 22.0 Å². The van der Waals surface area contributed by atoms with E-state index in [0.717, 1.165) is 22.7 Å². The molecule has 38 heavy (non-hydrogen) atoms. The van der Waals surface area contributed by atoms with Crippen LogP contribution in [0.3, 0.4) is 0 Å². The normalized spacial score (nSPS) is 12.4. The molecule has 0 spiro atoms. The molecule has 1 heterocycles. The van der Waals surface area contributed by atoms with Crippen LogP contribution in [0.5, 0.6) is 0 Å². The number of hydrogen-bond donors (Lipinski definition) is 1. The summed E-state index contributed by atoms with van der Waals surface area (Å²) in [5.41, 5.74) is 7.70. The molecule has 0 aliphatic rings. The quantitative estimate of drug-likeness (QED) is 0.360. The third-order valence-corrected chi connectivity index (χ3v) is 8.22. The second kappa shape index (κ2) is 12.3. The van der Waals surface area contributed by atoms with Gasteiger partial charge in [0.2, 0.25) is 11.8 Å². The van der Waals surface area contributed by atoms with Gasteiger partial charge in [0, 0.05) is 31.6 Å². The number of primary amides is 1. The molecule has 0 aliphatic heterocycles. The summed E-state index contributed by atoms with van der Waals surface area (Å²) in [6.07, 6.45) is 1.94. The Kier molecular flexibility index (Phi) is 9.32. The first-order valence-electron chi connectivity index (χ1n) is 12.7. The van der Waals surface area contributed by atoms with Crippen LogP contribution in [0, 0.1) is 12.8 Å². The van der Waals surface area contributed by atoms with Crippen LogP contribution in [0.2, 0.25) is 0 Å². The molecule has 10 heteroatoms. The number of anilines is 1. The number of rotatable bonds is 12. The molecule has 204 valence electrons. The van der Waals surface area contributed by atoms with Crippen molar-refractivity contribution in [2.75, 3.05) is 11.4 Å². The van der Waals surface area contributed by atoms with E-state index in [-0.39, 0.29) is 29.1 Å². The summed E-state index contributed by atoms with van der Waals surface area (Å²) in [5.74, 6) is -0.0956. The minimum Gasteiger partial charge on any atom is -0.368 e. The van der Waals surface area contributed by atoms with E-state index in [1.54, 1.807) is 42.2 Å². The number of hydrogen-bond acceptors (Lipinski definition) is 6. The lowest BCUT2D eigenvalue weighted by atomic mass is 9.99. The van der Waals surface area contributed by atoms with E-state index in [9.17, 15) is 18.0 Å². The molecule has 2 N–H and O–H groups in total. The predicted octanol–water partition coefficient (Wildman–Crippen LogP) is 4.50. The van der Waals surface area contributed by atoms with Crippen LogP contribution in [0.25, 0.3) is 11.1 Å². The molecule has 3 aromatic rings. The van der Waals surface area contributed by atoms with Gasteiger partial charge in [0.15, 0.2) is 5.82 Å². The van der Waals surface area contributed by atoms with Crippen molar-refractivity contribution in [1.82, 2.24) is 10.1 Å². The van der Waals surface area contributed by atoms with Gasteiger partial charge in [-0.2, -0.15) is 0 Å². The van der Waals surface area contributed by atoms with Crippen LogP contribution in [0.15, 0.2) is 64.0 Å². The van der Waals surface area contributed by atoms with Crippen LogP contribution >= 0.6 is 0 Å². The average molecular weight is 541 g/mol. The van der Waals surface area contributed by atoms with Crippen molar-refractivity contribution in [3.05, 3.63) is 65.9 Å². The summed E-state index contributed by atoms with van der Waals surface area (Å²) < 4.78 is 33.1. The first-order valence-corrected chi connectivity index (χ1v) is 14.1. The van der Waals surface area contributed by atoms with Gasteiger partial charge >= 0.3 is 0 Å². The first-order chi connectivity index (χ1) is 18.0. The van der Waals surface area contributed by atoms with Crippen molar-refractivity contribution in [2.24, 2.45) is 11.7 Å². The lowest BCUT2D eigenvalue weighted by Gasteiger charge is -2.32. The number of aromatic nitrogens is 1. The number of carbonyl (C=O) groups is 2. The van der Waals surface area contributed by atoms with Gasteiger partial charge in [-0.25, -0.2) is 8.42 Å². The Hall–Kier alpha value is -3.66. The highest BCUT2D eigenvalue weighted by atomic mass is 32.2. The molecule has 1 aromatic heterocycles. The third-order valence-electron chi connectivity index (χ3n) is 6.40. The maximum Gasteiger partial charge on any atom is 0.265 e. The van der Waals surface area contributed by atoms with Crippen LogP contribution < -0.4 is 10.0 Å². The molecule has 0 saturated heterocycles. The minimum atomic E-state index is -3.93. The van der Waals surface area contributed by atoms with Gasteiger partial charge in [0.1, 0.15) is 11.8 Å². The predicted molar refractivity (Wildman–Crippen MR) is 147 cm³/mol. The molecule has 0 bridgehead atoms. The summed E-state index contributed by atoms with van der Waals surface area (Å²) >= 11 is 0. The molecule has 2 aromatic carbocycles. The largest absolute Gasteiger partial charge is 0.368 e. The number of aryl methyl sites for hydroxylation is 1. The number of amides is 2. The zero-order valence-corrected chi connectivity index (χ0v) is 23.4. The highest BCUT2D eigenvalue weighted by molar-refractivity contribution is 7.93. The molecule has 3 rings (SSSR count). The Bertz CT molecular complexity index is 1370. The summed E-state index contributed by atoms with van der Waals surface area (Å²) in [4.78, 5) is 26.9. The van der Waals surface area contributed by atoms with E-state index >= 15 is 0 Å². The Morgan fingerprint density at radius 1 is 1.08 bits per heavy atom. The zero-order valence-electron chi connectivity index (χ0n) is 22.5. The van der Waals surface area contributed by atoms with Crippen LogP contribution in [-0.2, 0) is 26.2 Å². The second-order valence-corrected chi connectivity index (χ2v) is 11.6. The maximum absolute atomic E-state index is 13.5. The average Bonchev–Trinajstić information content (AvgIpc) is 3.32. The standard InChI is InChI=1S/C28H36N4O5S/c1-6-7-12-26(33)32(27(19(2)3)28(29)34)18-21-13-15-22(16-14-21)23-10-8-9-11-24(23)38(35,36)31(5)25-17-20(4)37-30-25/h8-11,13-17,19,27H,6-7,12,18H2,1-5H3,(H2,29,34)/t27-/m0/s1. The zero-order chi connectivity index (χ0) is 28.0. The van der Waals surface area contributed by atoms with E-state index in [1.807, 2.05) is 45.0 Å². The molecule has 0 fully saturated rings. The SMILES string of the molecule is CCCCC(=O)N(Cc1ccc(-c2ccccc2S(=O)(=O)N(C)c2cc(C)on2)cc1)[C@H](C(N)=O)C(C)C. The van der Waals surface area contributed by atoms with Crippen LogP contribution in [0.4, 0.5) is 5.82 Å². The minimum absolute atomic E-state index is 0.115. The Balaban J connectivity index is 1.93. The molecule has 2 amide bonds. The molecule has 1 atom stereocenters. The van der Waals surface area contributed by atoms with E-state index in [4.69, 9.17) is 10.3 Å². The summed E-state index contributed by atoms with van der Waals surface area (Å²) in [6.45, 7) is 7.66. The van der Waals surface area contributed by atoms with Crippen molar-refractivity contribution in [1.29, 1.82) is 0 Å². The molecular weight excluding hydrogens is 504 g/mol.